The average Bonchev–Trinajstić information content (AvgIpc) is 3.38. The number of nitrogens with one attached hydrogen (secondary N) is 1. The number of ether oxygens (including phenoxy) is 4. The molecule has 0 saturated carbocycles. The summed E-state index contributed by atoms with van der Waals surface area (Å²) in [5.41, 5.74) is 2.31. The summed E-state index contributed by atoms with van der Waals surface area (Å²) in [6, 6.07) is 6.28. The molecular formula is C23H25F2N5O5. The van der Waals surface area contributed by atoms with Crippen LogP contribution < -0.4 is 14.8 Å². The first kappa shape index (κ1) is 23.2. The molecule has 2 aliphatic rings. The summed E-state index contributed by atoms with van der Waals surface area (Å²) in [5, 5.41) is 7.53. The molecule has 3 aromatic rings. The smallest absolute Gasteiger partial charge is 0.387 e. The van der Waals surface area contributed by atoms with Gasteiger partial charge in [-0.25, -0.2) is 4.52 Å². The van der Waals surface area contributed by atoms with E-state index in [1.54, 1.807) is 41.1 Å². The van der Waals surface area contributed by atoms with E-state index in [2.05, 4.69) is 20.1 Å². The van der Waals surface area contributed by atoms with Crippen molar-refractivity contribution in [1.29, 1.82) is 0 Å². The zero-order chi connectivity index (χ0) is 24.4. The van der Waals surface area contributed by atoms with Crippen molar-refractivity contribution in [2.75, 3.05) is 45.3 Å². The molecule has 4 heterocycles. The topological polar surface area (TPSA) is 99.4 Å². The fourth-order valence-corrected chi connectivity index (χ4v) is 4.37. The molecule has 10 nitrogen and oxygen atoms in total. The first-order chi connectivity index (χ1) is 17.0. The molecule has 1 aromatic carbocycles. The molecule has 35 heavy (non-hydrogen) atoms. The maximum Gasteiger partial charge on any atom is 0.387 e. The average molecular weight is 489 g/mol. The van der Waals surface area contributed by atoms with Crippen LogP contribution in [0.2, 0.25) is 0 Å². The van der Waals surface area contributed by atoms with Crippen molar-refractivity contribution in [3.8, 4) is 22.8 Å². The minimum atomic E-state index is -2.97. The van der Waals surface area contributed by atoms with Crippen molar-refractivity contribution in [3.63, 3.8) is 0 Å². The van der Waals surface area contributed by atoms with Crippen LogP contribution in [0.15, 0.2) is 36.7 Å². The molecule has 0 aliphatic carbocycles. The Labute approximate surface area is 199 Å². The lowest BCUT2D eigenvalue weighted by Crippen LogP contribution is -2.41. The second kappa shape index (κ2) is 10.0. The summed E-state index contributed by atoms with van der Waals surface area (Å²) in [5.74, 6) is 0.243. The van der Waals surface area contributed by atoms with Gasteiger partial charge in [0.25, 0.3) is 5.91 Å². The minimum absolute atomic E-state index is 0.000538. The molecule has 2 aliphatic heterocycles. The van der Waals surface area contributed by atoms with Gasteiger partial charge in [0.2, 0.25) is 5.88 Å². The van der Waals surface area contributed by atoms with Gasteiger partial charge < -0.3 is 29.2 Å². The normalized spacial score (nSPS) is 20.0. The van der Waals surface area contributed by atoms with Gasteiger partial charge in [0.05, 0.1) is 25.5 Å². The Kier molecular flexibility index (Phi) is 6.64. The Bertz CT molecular complexity index is 1210. The predicted molar refractivity (Wildman–Crippen MR) is 121 cm³/mol. The lowest BCUT2D eigenvalue weighted by Gasteiger charge is -2.25. The van der Waals surface area contributed by atoms with Gasteiger partial charge in [0.1, 0.15) is 18.5 Å². The maximum atomic E-state index is 13.0. The number of hydrogen-bond acceptors (Lipinski definition) is 8. The molecule has 1 N–H and O–H groups in total. The third-order valence-corrected chi connectivity index (χ3v) is 5.98. The number of carbonyl (C=O) groups excluding carboxylic acids is 1. The van der Waals surface area contributed by atoms with Crippen molar-refractivity contribution in [1.82, 2.24) is 19.5 Å². The summed E-state index contributed by atoms with van der Waals surface area (Å²) in [4.78, 5) is 19.3. The van der Waals surface area contributed by atoms with E-state index in [1.165, 1.54) is 12.1 Å². The molecule has 2 atom stereocenters. The summed E-state index contributed by atoms with van der Waals surface area (Å²) in [6.45, 7) is -1.25. The van der Waals surface area contributed by atoms with Crippen LogP contribution in [0.5, 0.6) is 11.6 Å². The highest BCUT2D eigenvalue weighted by Gasteiger charge is 2.40. The lowest BCUT2D eigenvalue weighted by molar-refractivity contribution is -0.138. The molecule has 1 unspecified atom stereocenters. The van der Waals surface area contributed by atoms with Gasteiger partial charge in [-0.05, 0) is 17.7 Å². The van der Waals surface area contributed by atoms with E-state index < -0.39 is 12.7 Å². The van der Waals surface area contributed by atoms with Crippen molar-refractivity contribution < 1.29 is 32.5 Å². The largest absolute Gasteiger partial charge is 0.475 e. The van der Waals surface area contributed by atoms with Gasteiger partial charge in [0, 0.05) is 56.2 Å². The van der Waals surface area contributed by atoms with Crippen molar-refractivity contribution in [3.05, 3.63) is 36.7 Å². The second-order valence-electron chi connectivity index (χ2n) is 8.23. The number of amides is 1. The number of halogens is 2. The Morgan fingerprint density at radius 3 is 3.00 bits per heavy atom. The Morgan fingerprint density at radius 2 is 2.17 bits per heavy atom. The number of hydrogen-bond donors (Lipinski definition) is 1. The number of aromatic nitrogens is 3. The van der Waals surface area contributed by atoms with Crippen molar-refractivity contribution >= 4 is 17.2 Å². The third-order valence-electron chi connectivity index (χ3n) is 5.98. The summed E-state index contributed by atoms with van der Waals surface area (Å²) >= 11 is 0. The van der Waals surface area contributed by atoms with E-state index in [4.69, 9.17) is 14.2 Å². The summed E-state index contributed by atoms with van der Waals surface area (Å²) in [6.07, 6.45) is 3.22. The Hall–Kier alpha value is -3.51. The Morgan fingerprint density at radius 1 is 1.29 bits per heavy atom. The number of rotatable bonds is 6. The molecule has 1 fully saturated rings. The fourth-order valence-electron chi connectivity index (χ4n) is 4.37. The second-order valence-corrected chi connectivity index (χ2v) is 8.23. The standard InChI is InChI=1S/C23H25F2N5O5/c1-32-6-7-33-19-11-16-13-34-20-2-4-30-21(28-20)18(12-27-30)14-8-15(10-17(9-14)35-23(24)25)26-3-5-29(16)22(19)31/h2,4,8-10,12,16,19,23,26H,3,5-7,11,13H2,1H3/t16-,19?/m0/s1. The first-order valence-electron chi connectivity index (χ1n) is 11.2. The number of fused-ring (bicyclic) bond motifs is 5. The van der Waals surface area contributed by atoms with Gasteiger partial charge in [-0.3, -0.25) is 4.79 Å². The van der Waals surface area contributed by atoms with Gasteiger partial charge in [-0.2, -0.15) is 18.9 Å². The molecule has 1 amide bonds. The van der Waals surface area contributed by atoms with Gasteiger partial charge in [0.15, 0.2) is 5.65 Å². The molecule has 186 valence electrons. The monoisotopic (exact) mass is 489 g/mol. The third kappa shape index (κ3) is 4.98. The highest BCUT2D eigenvalue weighted by molar-refractivity contribution is 5.84. The highest BCUT2D eigenvalue weighted by atomic mass is 19.3. The van der Waals surface area contributed by atoms with Crippen LogP contribution in [-0.4, -0.2) is 84.2 Å². The number of methoxy groups -OCH3 is 1. The van der Waals surface area contributed by atoms with Crippen molar-refractivity contribution in [2.45, 2.75) is 25.2 Å². The van der Waals surface area contributed by atoms with Gasteiger partial charge >= 0.3 is 6.61 Å². The van der Waals surface area contributed by atoms with E-state index in [-0.39, 0.29) is 24.3 Å². The maximum absolute atomic E-state index is 13.0. The van der Waals surface area contributed by atoms with E-state index in [0.29, 0.717) is 61.1 Å². The van der Waals surface area contributed by atoms with Gasteiger partial charge in [-0.1, -0.05) is 0 Å². The van der Waals surface area contributed by atoms with Crippen LogP contribution in [-0.2, 0) is 14.3 Å². The molecular weight excluding hydrogens is 464 g/mol. The van der Waals surface area contributed by atoms with E-state index in [0.717, 1.165) is 0 Å². The quantitative estimate of drug-likeness (QED) is 0.528. The molecule has 2 aromatic heterocycles. The first-order valence-corrected chi connectivity index (χ1v) is 11.2. The predicted octanol–water partition coefficient (Wildman–Crippen LogP) is 2.43. The highest BCUT2D eigenvalue weighted by Crippen LogP contribution is 2.32. The molecule has 4 bridgehead atoms. The number of anilines is 1. The molecule has 1 saturated heterocycles. The minimum Gasteiger partial charge on any atom is -0.475 e. The van der Waals surface area contributed by atoms with Crippen LogP contribution in [0.4, 0.5) is 14.5 Å². The molecule has 0 radical (unpaired) electrons. The fraction of sp³-hybridized carbons (Fsp3) is 0.435. The van der Waals surface area contributed by atoms with Crippen LogP contribution >= 0.6 is 0 Å². The lowest BCUT2D eigenvalue weighted by atomic mass is 10.1. The number of benzene rings is 1. The summed E-state index contributed by atoms with van der Waals surface area (Å²) < 4.78 is 48.9. The van der Waals surface area contributed by atoms with E-state index in [9.17, 15) is 13.6 Å². The zero-order valence-corrected chi connectivity index (χ0v) is 19.0. The van der Waals surface area contributed by atoms with E-state index >= 15 is 0 Å². The van der Waals surface area contributed by atoms with Crippen LogP contribution in [0, 0.1) is 0 Å². The SMILES string of the molecule is COCCOC1C[C@H]2COc3ccn4ncc(c4n3)-c3cc(cc(OC(F)F)c3)NCCN2C1=O. The van der Waals surface area contributed by atoms with E-state index in [1.807, 2.05) is 0 Å². The van der Waals surface area contributed by atoms with Crippen LogP contribution in [0.25, 0.3) is 16.8 Å². The van der Waals surface area contributed by atoms with Crippen LogP contribution in [0.1, 0.15) is 6.42 Å². The summed E-state index contributed by atoms with van der Waals surface area (Å²) in [7, 11) is 1.57. The number of nitrogens with zero attached hydrogens (tertiary/aromatic N) is 4. The molecule has 12 heteroatoms. The van der Waals surface area contributed by atoms with Crippen molar-refractivity contribution in [2.24, 2.45) is 0 Å². The Balaban J connectivity index is 1.49. The number of alkyl halides is 2. The van der Waals surface area contributed by atoms with Crippen LogP contribution in [0.3, 0.4) is 0 Å². The molecule has 5 rings (SSSR count). The zero-order valence-electron chi connectivity index (χ0n) is 19.0. The number of carbonyl (C=O) groups is 1. The molecule has 0 spiro atoms. The van der Waals surface area contributed by atoms with Gasteiger partial charge in [-0.15, -0.1) is 0 Å².